The number of hydrogen-bond donors (Lipinski definition) is 0. The van der Waals surface area contributed by atoms with Crippen molar-refractivity contribution >= 4 is 23.3 Å². The largest absolute Gasteiger partial charge is 0.339 e. The lowest BCUT2D eigenvalue weighted by Gasteiger charge is -2.15. The fraction of sp³-hybridized carbons (Fsp3) is 0.250. The molecule has 1 amide bonds. The molecule has 132 valence electrons. The van der Waals surface area contributed by atoms with E-state index in [1.165, 1.54) is 5.56 Å². The Bertz CT molecular complexity index is 902. The maximum Gasteiger partial charge on any atom is 0.246 e. The summed E-state index contributed by atoms with van der Waals surface area (Å²) in [4.78, 5) is 20.0. The van der Waals surface area contributed by atoms with Gasteiger partial charge in [-0.1, -0.05) is 41.6 Å². The molecule has 26 heavy (non-hydrogen) atoms. The summed E-state index contributed by atoms with van der Waals surface area (Å²) in [5, 5.41) is 5.93. The van der Waals surface area contributed by atoms with Gasteiger partial charge in [-0.15, -0.1) is 11.3 Å². The molecule has 2 unspecified atom stereocenters. The van der Waals surface area contributed by atoms with Crippen molar-refractivity contribution in [2.75, 3.05) is 13.1 Å². The third-order valence-corrected chi connectivity index (χ3v) is 5.49. The van der Waals surface area contributed by atoms with Gasteiger partial charge in [0.05, 0.1) is 5.92 Å². The van der Waals surface area contributed by atoms with Crippen LogP contribution in [0.5, 0.6) is 0 Å². The summed E-state index contributed by atoms with van der Waals surface area (Å²) in [6.07, 6.45) is 3.52. The summed E-state index contributed by atoms with van der Waals surface area (Å²) in [7, 11) is 0. The van der Waals surface area contributed by atoms with Crippen LogP contribution in [0.2, 0.25) is 0 Å². The highest BCUT2D eigenvalue weighted by Gasteiger charge is 2.39. The zero-order chi connectivity index (χ0) is 17.9. The van der Waals surface area contributed by atoms with Crippen LogP contribution in [-0.4, -0.2) is 34.0 Å². The molecule has 0 radical (unpaired) electrons. The van der Waals surface area contributed by atoms with Gasteiger partial charge >= 0.3 is 0 Å². The van der Waals surface area contributed by atoms with Crippen LogP contribution in [0, 0.1) is 6.92 Å². The van der Waals surface area contributed by atoms with Gasteiger partial charge in [-0.25, -0.2) is 0 Å². The second-order valence-corrected chi connectivity index (χ2v) is 7.37. The molecule has 4 rings (SSSR count). The third kappa shape index (κ3) is 3.46. The summed E-state index contributed by atoms with van der Waals surface area (Å²) in [6, 6.07) is 14.2. The van der Waals surface area contributed by atoms with E-state index in [1.807, 2.05) is 53.6 Å². The van der Waals surface area contributed by atoms with Crippen molar-refractivity contribution in [1.29, 1.82) is 0 Å². The van der Waals surface area contributed by atoms with Crippen molar-refractivity contribution in [3.63, 3.8) is 0 Å². The molecule has 1 aromatic carbocycles. The fourth-order valence-electron chi connectivity index (χ4n) is 3.38. The zero-order valence-electron chi connectivity index (χ0n) is 14.4. The Morgan fingerprint density at radius 1 is 1.19 bits per heavy atom. The monoisotopic (exact) mass is 365 g/mol. The molecule has 2 atom stereocenters. The third-order valence-electron chi connectivity index (χ3n) is 4.65. The number of aryl methyl sites for hydroxylation is 1. The van der Waals surface area contributed by atoms with Crippen molar-refractivity contribution in [3.05, 3.63) is 76.1 Å². The van der Waals surface area contributed by atoms with Gasteiger partial charge in [-0.05, 0) is 30.0 Å². The van der Waals surface area contributed by atoms with Gasteiger partial charge in [-0.3, -0.25) is 4.79 Å². The molecule has 1 fully saturated rings. The van der Waals surface area contributed by atoms with E-state index >= 15 is 0 Å². The molecule has 0 saturated carbocycles. The second-order valence-electron chi connectivity index (χ2n) is 6.40. The topological polar surface area (TPSA) is 59.2 Å². The number of aromatic nitrogens is 2. The van der Waals surface area contributed by atoms with Gasteiger partial charge in [0.2, 0.25) is 11.8 Å². The number of rotatable bonds is 4. The van der Waals surface area contributed by atoms with Crippen molar-refractivity contribution in [2.45, 2.75) is 18.8 Å². The second kappa shape index (κ2) is 7.25. The van der Waals surface area contributed by atoms with Crippen molar-refractivity contribution in [2.24, 2.45) is 0 Å². The summed E-state index contributed by atoms with van der Waals surface area (Å²) >= 11 is 1.61. The number of hydrogen-bond acceptors (Lipinski definition) is 5. The van der Waals surface area contributed by atoms with E-state index in [0.29, 0.717) is 24.8 Å². The van der Waals surface area contributed by atoms with Crippen LogP contribution in [0.25, 0.3) is 6.08 Å². The Hall–Kier alpha value is -2.73. The van der Waals surface area contributed by atoms with E-state index in [9.17, 15) is 4.79 Å². The number of carbonyl (C=O) groups excluding carboxylic acids is 1. The Labute approximate surface area is 156 Å². The minimum atomic E-state index is 0.0117. The van der Waals surface area contributed by atoms with Crippen LogP contribution in [0.4, 0.5) is 0 Å². The first-order valence-electron chi connectivity index (χ1n) is 8.56. The molecule has 2 aromatic heterocycles. The number of likely N-dealkylation sites (tertiary alicyclic amines) is 1. The van der Waals surface area contributed by atoms with Crippen LogP contribution >= 0.6 is 11.3 Å². The molecular weight excluding hydrogens is 346 g/mol. The van der Waals surface area contributed by atoms with E-state index in [1.54, 1.807) is 17.4 Å². The normalized spacial score (nSPS) is 20.1. The molecule has 0 spiro atoms. The van der Waals surface area contributed by atoms with Crippen molar-refractivity contribution < 1.29 is 9.32 Å². The van der Waals surface area contributed by atoms with E-state index in [4.69, 9.17) is 4.52 Å². The minimum Gasteiger partial charge on any atom is -0.339 e. The van der Waals surface area contributed by atoms with Crippen LogP contribution < -0.4 is 0 Å². The Morgan fingerprint density at radius 3 is 2.69 bits per heavy atom. The van der Waals surface area contributed by atoms with Crippen LogP contribution in [0.3, 0.4) is 0 Å². The van der Waals surface area contributed by atoms with E-state index < -0.39 is 0 Å². The molecule has 1 aliphatic rings. The summed E-state index contributed by atoms with van der Waals surface area (Å²) < 4.78 is 5.43. The molecule has 3 aromatic rings. The van der Waals surface area contributed by atoms with Gasteiger partial charge in [0.25, 0.3) is 0 Å². The molecule has 0 bridgehead atoms. The summed E-state index contributed by atoms with van der Waals surface area (Å²) in [5.41, 5.74) is 1.19. The maximum atomic E-state index is 12.7. The Kier molecular flexibility index (Phi) is 4.67. The van der Waals surface area contributed by atoms with Gasteiger partial charge < -0.3 is 9.42 Å². The number of carbonyl (C=O) groups is 1. The van der Waals surface area contributed by atoms with Gasteiger partial charge in [-0.2, -0.15) is 4.98 Å². The Morgan fingerprint density at radius 2 is 2.00 bits per heavy atom. The summed E-state index contributed by atoms with van der Waals surface area (Å²) in [5.74, 6) is 1.40. The van der Waals surface area contributed by atoms with Gasteiger partial charge in [0.15, 0.2) is 5.82 Å². The molecule has 0 aliphatic carbocycles. The first-order valence-corrected chi connectivity index (χ1v) is 9.44. The molecule has 1 aliphatic heterocycles. The average molecular weight is 365 g/mol. The molecule has 5 nitrogen and oxygen atoms in total. The quantitative estimate of drug-likeness (QED) is 0.659. The first-order chi connectivity index (χ1) is 12.7. The molecule has 0 N–H and O–H groups in total. The fourth-order valence-corrected chi connectivity index (χ4v) is 4.00. The van der Waals surface area contributed by atoms with Crippen molar-refractivity contribution in [1.82, 2.24) is 15.0 Å². The zero-order valence-corrected chi connectivity index (χ0v) is 15.2. The predicted octanol–water partition coefficient (Wildman–Crippen LogP) is 3.86. The summed E-state index contributed by atoms with van der Waals surface area (Å²) in [6.45, 7) is 3.03. The maximum absolute atomic E-state index is 12.7. The van der Waals surface area contributed by atoms with E-state index in [-0.39, 0.29) is 17.7 Å². The lowest BCUT2D eigenvalue weighted by atomic mass is 9.89. The van der Waals surface area contributed by atoms with Crippen LogP contribution in [-0.2, 0) is 4.79 Å². The van der Waals surface area contributed by atoms with Crippen molar-refractivity contribution in [3.8, 4) is 0 Å². The lowest BCUT2D eigenvalue weighted by Crippen LogP contribution is -2.26. The Balaban J connectivity index is 1.57. The smallest absolute Gasteiger partial charge is 0.246 e. The minimum absolute atomic E-state index is 0.0117. The molecule has 3 heterocycles. The predicted molar refractivity (Wildman–Crippen MR) is 101 cm³/mol. The molecular formula is C20H19N3O2S. The van der Waals surface area contributed by atoms with E-state index in [2.05, 4.69) is 22.3 Å². The van der Waals surface area contributed by atoms with Gasteiger partial charge in [0.1, 0.15) is 0 Å². The number of thiophene rings is 1. The molecule has 6 heteroatoms. The highest BCUT2D eigenvalue weighted by Crippen LogP contribution is 2.39. The highest BCUT2D eigenvalue weighted by molar-refractivity contribution is 7.10. The van der Waals surface area contributed by atoms with Gasteiger partial charge in [0, 0.05) is 30.0 Å². The SMILES string of the molecule is Cc1noc(C2CN(C(=O)C=Cc3cccs3)CC2c2ccccc2)n1. The highest BCUT2D eigenvalue weighted by atomic mass is 32.1. The standard InChI is InChI=1S/C20H19N3O2S/c1-14-21-20(25-22-14)18-13-23(12-17(18)15-6-3-2-4-7-15)19(24)10-9-16-8-5-11-26-16/h2-11,17-18H,12-13H2,1H3. The molecule has 1 saturated heterocycles. The van der Waals surface area contributed by atoms with E-state index in [0.717, 1.165) is 4.88 Å². The van der Waals surface area contributed by atoms with Crippen LogP contribution in [0.1, 0.15) is 34.0 Å². The average Bonchev–Trinajstić information content (AvgIpc) is 3.40. The number of nitrogens with zero attached hydrogens (tertiary/aromatic N) is 3. The first kappa shape index (κ1) is 16.7. The lowest BCUT2D eigenvalue weighted by molar-refractivity contribution is -0.125. The number of benzene rings is 1. The number of amides is 1. The van der Waals surface area contributed by atoms with Crippen LogP contribution in [0.15, 0.2) is 58.4 Å².